The summed E-state index contributed by atoms with van der Waals surface area (Å²) in [4.78, 5) is 14.4. The van der Waals surface area contributed by atoms with E-state index in [2.05, 4.69) is 17.1 Å². The predicted molar refractivity (Wildman–Crippen MR) is 82.8 cm³/mol. The maximum Gasteiger partial charge on any atom is 0.323 e. The van der Waals surface area contributed by atoms with Crippen LogP contribution in [0.3, 0.4) is 0 Å². The topological polar surface area (TPSA) is 41.6 Å². The zero-order valence-corrected chi connectivity index (χ0v) is 13.5. The van der Waals surface area contributed by atoms with E-state index in [0.717, 1.165) is 25.4 Å². The standard InChI is InChI=1S/C16H32N2O2/c1-4-14-8-7-11-18(12-9-14)13-10-15(17-5-2)16(19)20-6-3/h14-15,17H,4-13H2,1-3H3. The van der Waals surface area contributed by atoms with Crippen molar-refractivity contribution in [3.8, 4) is 0 Å². The Labute approximate surface area is 124 Å². The average Bonchev–Trinajstić information content (AvgIpc) is 2.68. The van der Waals surface area contributed by atoms with Gasteiger partial charge in [0, 0.05) is 6.54 Å². The Morgan fingerprint density at radius 1 is 1.30 bits per heavy atom. The Balaban J connectivity index is 2.36. The largest absolute Gasteiger partial charge is 0.465 e. The molecule has 0 aromatic rings. The average molecular weight is 284 g/mol. The maximum absolute atomic E-state index is 11.9. The van der Waals surface area contributed by atoms with Gasteiger partial charge in [0.15, 0.2) is 0 Å². The summed E-state index contributed by atoms with van der Waals surface area (Å²) >= 11 is 0. The van der Waals surface area contributed by atoms with Gasteiger partial charge in [0.05, 0.1) is 6.61 Å². The van der Waals surface area contributed by atoms with Crippen molar-refractivity contribution in [1.29, 1.82) is 0 Å². The summed E-state index contributed by atoms with van der Waals surface area (Å²) in [5.74, 6) is 0.797. The molecule has 0 aromatic carbocycles. The highest BCUT2D eigenvalue weighted by molar-refractivity contribution is 5.75. The van der Waals surface area contributed by atoms with Gasteiger partial charge >= 0.3 is 5.97 Å². The van der Waals surface area contributed by atoms with Crippen LogP contribution < -0.4 is 5.32 Å². The molecule has 1 fully saturated rings. The number of likely N-dealkylation sites (tertiary alicyclic amines) is 1. The van der Waals surface area contributed by atoms with Crippen molar-refractivity contribution in [2.24, 2.45) is 5.92 Å². The molecule has 1 rings (SSSR count). The number of likely N-dealkylation sites (N-methyl/N-ethyl adjacent to an activating group) is 1. The Morgan fingerprint density at radius 2 is 2.10 bits per heavy atom. The van der Waals surface area contributed by atoms with Gasteiger partial charge in [-0.25, -0.2) is 0 Å². The van der Waals surface area contributed by atoms with E-state index in [0.29, 0.717) is 6.61 Å². The SMILES string of the molecule is CCNC(CCN1CCCC(CC)CC1)C(=O)OCC. The summed E-state index contributed by atoms with van der Waals surface area (Å²) in [6.07, 6.45) is 6.12. The van der Waals surface area contributed by atoms with Crippen LogP contribution in [0.5, 0.6) is 0 Å². The van der Waals surface area contributed by atoms with Gasteiger partial charge in [-0.2, -0.15) is 0 Å². The number of esters is 1. The minimum Gasteiger partial charge on any atom is -0.465 e. The molecule has 4 nitrogen and oxygen atoms in total. The summed E-state index contributed by atoms with van der Waals surface area (Å²) < 4.78 is 5.14. The second-order valence-electron chi connectivity index (χ2n) is 5.70. The number of ether oxygens (including phenoxy) is 1. The fraction of sp³-hybridized carbons (Fsp3) is 0.938. The predicted octanol–water partition coefficient (Wildman–Crippen LogP) is 2.43. The number of hydrogen-bond donors (Lipinski definition) is 1. The van der Waals surface area contributed by atoms with Crippen LogP contribution in [0.25, 0.3) is 0 Å². The number of carbonyl (C=O) groups excluding carboxylic acids is 1. The fourth-order valence-electron chi connectivity index (χ4n) is 2.96. The zero-order chi connectivity index (χ0) is 14.8. The highest BCUT2D eigenvalue weighted by Gasteiger charge is 2.21. The van der Waals surface area contributed by atoms with Crippen LogP contribution in [0, 0.1) is 5.92 Å². The Bertz CT molecular complexity index is 271. The second kappa shape index (κ2) is 10.2. The monoisotopic (exact) mass is 284 g/mol. The quantitative estimate of drug-likeness (QED) is 0.695. The van der Waals surface area contributed by atoms with E-state index in [-0.39, 0.29) is 12.0 Å². The van der Waals surface area contributed by atoms with E-state index < -0.39 is 0 Å². The molecule has 0 bridgehead atoms. The Morgan fingerprint density at radius 3 is 2.75 bits per heavy atom. The molecule has 2 unspecified atom stereocenters. The van der Waals surface area contributed by atoms with Crippen molar-refractivity contribution >= 4 is 5.97 Å². The van der Waals surface area contributed by atoms with Crippen LogP contribution >= 0.6 is 0 Å². The van der Waals surface area contributed by atoms with Crippen LogP contribution in [-0.2, 0) is 9.53 Å². The lowest BCUT2D eigenvalue weighted by atomic mass is 9.98. The summed E-state index contributed by atoms with van der Waals surface area (Å²) in [6.45, 7) is 10.8. The lowest BCUT2D eigenvalue weighted by Gasteiger charge is -2.23. The molecule has 1 N–H and O–H groups in total. The fourth-order valence-corrected chi connectivity index (χ4v) is 2.96. The van der Waals surface area contributed by atoms with Gasteiger partial charge < -0.3 is 15.0 Å². The zero-order valence-electron chi connectivity index (χ0n) is 13.5. The van der Waals surface area contributed by atoms with Gasteiger partial charge in [0.1, 0.15) is 6.04 Å². The van der Waals surface area contributed by atoms with Crippen LogP contribution in [0.15, 0.2) is 0 Å². The number of carbonyl (C=O) groups is 1. The lowest BCUT2D eigenvalue weighted by molar-refractivity contribution is -0.145. The van der Waals surface area contributed by atoms with Gasteiger partial charge in [-0.15, -0.1) is 0 Å². The maximum atomic E-state index is 11.9. The molecule has 1 heterocycles. The van der Waals surface area contributed by atoms with E-state index in [1.165, 1.54) is 38.8 Å². The van der Waals surface area contributed by atoms with Crippen LogP contribution in [0.4, 0.5) is 0 Å². The highest BCUT2D eigenvalue weighted by atomic mass is 16.5. The van der Waals surface area contributed by atoms with Gasteiger partial charge in [-0.1, -0.05) is 20.3 Å². The van der Waals surface area contributed by atoms with Crippen molar-refractivity contribution < 1.29 is 9.53 Å². The minimum atomic E-state index is -0.148. The summed E-state index contributed by atoms with van der Waals surface area (Å²) in [6, 6.07) is -0.148. The molecule has 118 valence electrons. The third-order valence-corrected chi connectivity index (χ3v) is 4.27. The van der Waals surface area contributed by atoms with Gasteiger partial charge in [0.2, 0.25) is 0 Å². The molecule has 2 atom stereocenters. The molecule has 20 heavy (non-hydrogen) atoms. The molecule has 0 amide bonds. The summed E-state index contributed by atoms with van der Waals surface area (Å²) in [7, 11) is 0. The van der Waals surface area contributed by atoms with E-state index in [1.807, 2.05) is 13.8 Å². The first-order valence-electron chi connectivity index (χ1n) is 8.33. The molecule has 1 aliphatic heterocycles. The first kappa shape index (κ1) is 17.4. The van der Waals surface area contributed by atoms with Crippen molar-refractivity contribution in [2.75, 3.05) is 32.8 Å². The second-order valence-corrected chi connectivity index (χ2v) is 5.70. The lowest BCUT2D eigenvalue weighted by Crippen LogP contribution is -2.41. The van der Waals surface area contributed by atoms with Gasteiger partial charge in [0.25, 0.3) is 0 Å². The number of hydrogen-bond acceptors (Lipinski definition) is 4. The highest BCUT2D eigenvalue weighted by Crippen LogP contribution is 2.20. The molecule has 0 spiro atoms. The minimum absolute atomic E-state index is 0.101. The Hall–Kier alpha value is -0.610. The van der Waals surface area contributed by atoms with Crippen LogP contribution in [-0.4, -0.2) is 49.7 Å². The molecule has 0 aliphatic carbocycles. The molecule has 4 heteroatoms. The molecule has 0 saturated carbocycles. The number of rotatable bonds is 8. The van der Waals surface area contributed by atoms with Crippen molar-refractivity contribution in [1.82, 2.24) is 10.2 Å². The van der Waals surface area contributed by atoms with E-state index in [1.54, 1.807) is 0 Å². The first-order chi connectivity index (χ1) is 9.71. The van der Waals surface area contributed by atoms with E-state index >= 15 is 0 Å². The third-order valence-electron chi connectivity index (χ3n) is 4.27. The van der Waals surface area contributed by atoms with Crippen molar-refractivity contribution in [2.45, 2.75) is 58.9 Å². The molecule has 1 aliphatic rings. The van der Waals surface area contributed by atoms with E-state index in [4.69, 9.17) is 4.74 Å². The Kier molecular flexibility index (Phi) is 8.86. The third kappa shape index (κ3) is 6.23. The van der Waals surface area contributed by atoms with Gasteiger partial charge in [-0.05, 0) is 58.2 Å². The molecular weight excluding hydrogens is 252 g/mol. The smallest absolute Gasteiger partial charge is 0.323 e. The summed E-state index contributed by atoms with van der Waals surface area (Å²) in [5.41, 5.74) is 0. The van der Waals surface area contributed by atoms with Crippen molar-refractivity contribution in [3.63, 3.8) is 0 Å². The number of nitrogens with zero attached hydrogens (tertiary/aromatic N) is 1. The molecule has 1 saturated heterocycles. The molecule has 0 aromatic heterocycles. The summed E-state index contributed by atoms with van der Waals surface area (Å²) in [5, 5.41) is 3.24. The van der Waals surface area contributed by atoms with Crippen molar-refractivity contribution in [3.05, 3.63) is 0 Å². The van der Waals surface area contributed by atoms with E-state index in [9.17, 15) is 4.79 Å². The van der Waals surface area contributed by atoms with Crippen LogP contribution in [0.2, 0.25) is 0 Å². The van der Waals surface area contributed by atoms with Gasteiger partial charge in [-0.3, -0.25) is 4.79 Å². The molecular formula is C16H32N2O2. The van der Waals surface area contributed by atoms with Crippen LogP contribution in [0.1, 0.15) is 52.9 Å². The molecule has 0 radical (unpaired) electrons. The normalized spacial score (nSPS) is 22.2. The first-order valence-corrected chi connectivity index (χ1v) is 8.33. The number of nitrogens with one attached hydrogen (secondary N) is 1.